The summed E-state index contributed by atoms with van der Waals surface area (Å²) in [7, 11) is 5.66. The number of aromatic nitrogens is 2. The molecule has 2 unspecified atom stereocenters. The van der Waals surface area contributed by atoms with Gasteiger partial charge in [0, 0.05) is 88.6 Å². The predicted octanol–water partition coefficient (Wildman–Crippen LogP) is 1.69. The predicted molar refractivity (Wildman–Crippen MR) is 151 cm³/mol. The first-order chi connectivity index (χ1) is 18.8. The third-order valence-corrected chi connectivity index (χ3v) is 7.89. The highest BCUT2D eigenvalue weighted by Gasteiger charge is 2.33. The molecule has 210 valence electrons. The van der Waals surface area contributed by atoms with Crippen molar-refractivity contribution in [2.45, 2.75) is 25.4 Å². The molecule has 11 heteroatoms. The molecule has 2 aromatic carbocycles. The lowest BCUT2D eigenvalue weighted by Crippen LogP contribution is -2.59. The second-order valence-electron chi connectivity index (χ2n) is 9.89. The number of piperazine rings is 1. The largest absolute Gasteiger partial charge is 0.760 e. The van der Waals surface area contributed by atoms with Crippen LogP contribution in [0.5, 0.6) is 5.75 Å². The van der Waals surface area contributed by atoms with Crippen molar-refractivity contribution in [1.29, 1.82) is 0 Å². The monoisotopic (exact) mass is 553 g/mol. The molecule has 0 spiro atoms. The highest BCUT2D eigenvalue weighted by Crippen LogP contribution is 2.16. The number of methoxy groups -OCH3 is 1. The van der Waals surface area contributed by atoms with Gasteiger partial charge in [0.05, 0.1) is 13.4 Å². The summed E-state index contributed by atoms with van der Waals surface area (Å²) in [4.78, 5) is 21.6. The lowest BCUT2D eigenvalue weighted by Gasteiger charge is -2.40. The summed E-state index contributed by atoms with van der Waals surface area (Å²) in [6.45, 7) is 3.05. The highest BCUT2D eigenvalue weighted by molar-refractivity contribution is 7.76. The lowest BCUT2D eigenvalue weighted by molar-refractivity contribution is -0.126. The van der Waals surface area contributed by atoms with E-state index in [1.165, 1.54) is 4.31 Å². The molecule has 1 aromatic heterocycles. The molecule has 0 saturated carbocycles. The Bertz CT molecular complexity index is 1230. The minimum absolute atomic E-state index is 0.279. The van der Waals surface area contributed by atoms with Crippen LogP contribution in [0, 0.1) is 0 Å². The van der Waals surface area contributed by atoms with Crippen LogP contribution in [0.3, 0.4) is 0 Å². The van der Waals surface area contributed by atoms with Crippen LogP contribution in [0.2, 0.25) is 0 Å². The topological polar surface area (TPSA) is 106 Å². The first-order valence-corrected chi connectivity index (χ1v) is 14.1. The van der Waals surface area contributed by atoms with Gasteiger partial charge < -0.3 is 24.1 Å². The van der Waals surface area contributed by atoms with E-state index in [9.17, 15) is 13.6 Å². The van der Waals surface area contributed by atoms with Gasteiger partial charge in [0.2, 0.25) is 5.91 Å². The fourth-order valence-electron chi connectivity index (χ4n) is 4.72. The number of hydrogen-bond donors (Lipinski definition) is 1. The van der Waals surface area contributed by atoms with E-state index in [4.69, 9.17) is 4.74 Å². The second kappa shape index (κ2) is 13.7. The first kappa shape index (κ1) is 28.8. The minimum Gasteiger partial charge on any atom is -0.760 e. The maximum atomic E-state index is 13.1. The molecule has 4 rings (SSSR count). The number of benzene rings is 2. The van der Waals surface area contributed by atoms with Crippen LogP contribution >= 0.6 is 0 Å². The van der Waals surface area contributed by atoms with E-state index >= 15 is 0 Å². The van der Waals surface area contributed by atoms with Crippen LogP contribution in [0.1, 0.15) is 16.8 Å². The Morgan fingerprint density at radius 3 is 2.49 bits per heavy atom. The average Bonchev–Trinajstić information content (AvgIpc) is 3.38. The van der Waals surface area contributed by atoms with Gasteiger partial charge >= 0.3 is 0 Å². The molecule has 1 fully saturated rings. The van der Waals surface area contributed by atoms with Gasteiger partial charge in [-0.2, -0.15) is 0 Å². The summed E-state index contributed by atoms with van der Waals surface area (Å²) >= 11 is -2.46. The number of nitrogens with one attached hydrogen (secondary N) is 1. The number of anilines is 1. The molecular formula is C28H37N6O4S-. The number of nitrogens with zero attached hydrogens (tertiary/aromatic N) is 5. The molecular weight excluding hydrogens is 516 g/mol. The molecule has 1 amide bonds. The highest BCUT2D eigenvalue weighted by atomic mass is 32.2. The van der Waals surface area contributed by atoms with Crippen molar-refractivity contribution in [2.24, 2.45) is 0 Å². The summed E-state index contributed by atoms with van der Waals surface area (Å²) in [5, 5.41) is 2.95. The van der Waals surface area contributed by atoms with Gasteiger partial charge in [-0.25, -0.2) is 9.29 Å². The van der Waals surface area contributed by atoms with E-state index in [2.05, 4.69) is 48.9 Å². The average molecular weight is 554 g/mol. The van der Waals surface area contributed by atoms with Gasteiger partial charge in [0.25, 0.3) is 0 Å². The standard InChI is InChI=1S/C28H38N6O4S/c1-31(2)24-8-4-23(5-9-24)19-33-21-29-18-25(33)12-14-30-28(35)27-20-32(16-17-34(27)39(36)37)15-13-22-6-10-26(38-3)11-7-22/h4-11,18,21,27H,12-17,19-20H2,1-3H3,(H,30,35)(H,36,37)/p-1. The third kappa shape index (κ3) is 7.89. The Balaban J connectivity index is 1.29. The zero-order valence-electron chi connectivity index (χ0n) is 22.8. The van der Waals surface area contributed by atoms with E-state index in [1.807, 2.05) is 38.4 Å². The quantitative estimate of drug-likeness (QED) is 0.340. The maximum absolute atomic E-state index is 13.1. The van der Waals surface area contributed by atoms with Gasteiger partial charge in [0.15, 0.2) is 0 Å². The minimum atomic E-state index is -2.46. The van der Waals surface area contributed by atoms with Crippen LogP contribution in [0.15, 0.2) is 61.1 Å². The molecule has 0 aliphatic carbocycles. The van der Waals surface area contributed by atoms with Crippen molar-refractivity contribution in [3.8, 4) is 5.75 Å². The van der Waals surface area contributed by atoms with Crippen LogP contribution in [-0.2, 0) is 35.4 Å². The van der Waals surface area contributed by atoms with E-state index in [1.54, 1.807) is 19.6 Å². The number of ether oxygens (including phenoxy) is 1. The van der Waals surface area contributed by atoms with Gasteiger partial charge in [-0.1, -0.05) is 24.3 Å². The van der Waals surface area contributed by atoms with E-state index < -0.39 is 17.3 Å². The van der Waals surface area contributed by atoms with Crippen LogP contribution in [0.4, 0.5) is 5.69 Å². The van der Waals surface area contributed by atoms with E-state index in [-0.39, 0.29) is 12.5 Å². The molecule has 1 aliphatic heterocycles. The van der Waals surface area contributed by atoms with Crippen LogP contribution in [-0.4, -0.2) is 93.4 Å². The van der Waals surface area contributed by atoms with Crippen molar-refractivity contribution in [3.05, 3.63) is 77.9 Å². The van der Waals surface area contributed by atoms with Crippen LogP contribution < -0.4 is 15.0 Å². The third-order valence-electron chi connectivity index (χ3n) is 7.07. The Hall–Kier alpha value is -3.25. The van der Waals surface area contributed by atoms with Gasteiger partial charge in [-0.3, -0.25) is 13.9 Å². The first-order valence-electron chi connectivity index (χ1n) is 13.1. The van der Waals surface area contributed by atoms with Crippen molar-refractivity contribution >= 4 is 22.9 Å². The Kier molecular flexibility index (Phi) is 10.1. The fourth-order valence-corrected chi connectivity index (χ4v) is 5.32. The number of imidazole rings is 1. The molecule has 39 heavy (non-hydrogen) atoms. The molecule has 2 heterocycles. The number of carbonyl (C=O) groups is 1. The fraction of sp³-hybridized carbons (Fsp3) is 0.429. The Morgan fingerprint density at radius 1 is 1.10 bits per heavy atom. The number of carbonyl (C=O) groups excluding carboxylic acids is 1. The summed E-state index contributed by atoms with van der Waals surface area (Å²) < 4.78 is 32.2. The smallest absolute Gasteiger partial charge is 0.239 e. The van der Waals surface area contributed by atoms with E-state index in [0.717, 1.165) is 41.2 Å². The summed E-state index contributed by atoms with van der Waals surface area (Å²) in [6.07, 6.45) is 5.00. The Morgan fingerprint density at radius 2 is 1.82 bits per heavy atom. The van der Waals surface area contributed by atoms with Gasteiger partial charge in [-0.05, 0) is 41.8 Å². The Labute approximate surface area is 233 Å². The zero-order valence-corrected chi connectivity index (χ0v) is 23.6. The second-order valence-corrected chi connectivity index (χ2v) is 10.8. The summed E-state index contributed by atoms with van der Waals surface area (Å²) in [5.74, 6) is 0.530. The van der Waals surface area contributed by atoms with Crippen molar-refractivity contribution in [1.82, 2.24) is 24.1 Å². The van der Waals surface area contributed by atoms with E-state index in [0.29, 0.717) is 32.6 Å². The van der Waals surface area contributed by atoms with Gasteiger partial charge in [-0.15, -0.1) is 0 Å². The molecule has 0 radical (unpaired) electrons. The van der Waals surface area contributed by atoms with Crippen LogP contribution in [0.25, 0.3) is 0 Å². The molecule has 1 saturated heterocycles. The number of amides is 1. The summed E-state index contributed by atoms with van der Waals surface area (Å²) in [5.41, 5.74) is 4.47. The molecule has 3 aromatic rings. The van der Waals surface area contributed by atoms with Crippen molar-refractivity contribution in [2.75, 3.05) is 58.8 Å². The van der Waals surface area contributed by atoms with Crippen molar-refractivity contribution in [3.63, 3.8) is 0 Å². The molecule has 1 N–H and O–H groups in total. The molecule has 1 aliphatic rings. The van der Waals surface area contributed by atoms with Crippen molar-refractivity contribution < 1.29 is 18.3 Å². The normalized spacial score (nSPS) is 17.1. The SMILES string of the molecule is COc1ccc(CCN2CCN(S(=O)[O-])C(C(=O)NCCc3cncn3Cc3ccc(N(C)C)cc3)C2)cc1. The van der Waals surface area contributed by atoms with Gasteiger partial charge in [0.1, 0.15) is 11.8 Å². The molecule has 10 nitrogen and oxygen atoms in total. The zero-order chi connectivity index (χ0) is 27.8. The summed E-state index contributed by atoms with van der Waals surface area (Å²) in [6, 6.07) is 15.5. The molecule has 0 bridgehead atoms. The molecule has 2 atom stereocenters. The number of hydrogen-bond acceptors (Lipinski definition) is 7. The lowest BCUT2D eigenvalue weighted by atomic mass is 10.1. The number of rotatable bonds is 12. The maximum Gasteiger partial charge on any atom is 0.239 e.